The second kappa shape index (κ2) is 6.41. The van der Waals surface area contributed by atoms with Gasteiger partial charge in [0.05, 0.1) is 11.3 Å². The molecule has 2 aromatic rings. The molecule has 0 atom stereocenters. The minimum absolute atomic E-state index is 0.173. The normalized spacial score (nSPS) is 10.2. The van der Waals surface area contributed by atoms with Gasteiger partial charge in [0.15, 0.2) is 0 Å². The number of carbonyl (C=O) groups is 1. The number of benzene rings is 2. The number of anilines is 1. The molecule has 0 saturated heterocycles. The molecular formula is C15H16ClN3O. The predicted molar refractivity (Wildman–Crippen MR) is 81.6 cm³/mol. The summed E-state index contributed by atoms with van der Waals surface area (Å²) in [5, 5.41) is 3.53. The molecule has 0 saturated carbocycles. The zero-order chi connectivity index (χ0) is 14.5. The summed E-state index contributed by atoms with van der Waals surface area (Å²) in [4.78, 5) is 12.1. The van der Waals surface area contributed by atoms with Gasteiger partial charge in [-0.25, -0.2) is 0 Å². The number of halogens is 1. The van der Waals surface area contributed by atoms with Gasteiger partial charge in [-0.3, -0.25) is 10.6 Å². The van der Waals surface area contributed by atoms with E-state index in [2.05, 4.69) is 10.7 Å². The summed E-state index contributed by atoms with van der Waals surface area (Å²) in [6.07, 6.45) is 0. The van der Waals surface area contributed by atoms with Gasteiger partial charge in [0.25, 0.3) is 5.91 Å². The summed E-state index contributed by atoms with van der Waals surface area (Å²) >= 11 is 5.82. The van der Waals surface area contributed by atoms with Crippen molar-refractivity contribution in [2.45, 2.75) is 13.5 Å². The quantitative estimate of drug-likeness (QED) is 0.599. The Morgan fingerprint density at radius 3 is 2.55 bits per heavy atom. The van der Waals surface area contributed by atoms with Crippen LogP contribution in [-0.4, -0.2) is 5.91 Å². The minimum atomic E-state index is -0.173. The monoisotopic (exact) mass is 289 g/mol. The summed E-state index contributed by atoms with van der Waals surface area (Å²) < 4.78 is 0. The van der Waals surface area contributed by atoms with Gasteiger partial charge in [-0.1, -0.05) is 29.8 Å². The van der Waals surface area contributed by atoms with Crippen molar-refractivity contribution in [3.63, 3.8) is 0 Å². The number of carbonyl (C=O) groups excluding carboxylic acids is 1. The third-order valence-corrected chi connectivity index (χ3v) is 3.19. The number of hydrogen-bond donors (Lipinski definition) is 3. The van der Waals surface area contributed by atoms with Gasteiger partial charge in [-0.2, -0.15) is 0 Å². The maximum Gasteiger partial charge on any atom is 0.253 e. The molecule has 0 heterocycles. The molecule has 2 rings (SSSR count). The molecular weight excluding hydrogens is 274 g/mol. The van der Waals surface area contributed by atoms with E-state index in [0.29, 0.717) is 22.8 Å². The maximum atomic E-state index is 12.1. The van der Waals surface area contributed by atoms with E-state index in [9.17, 15) is 4.79 Å². The first-order chi connectivity index (χ1) is 9.60. The molecule has 20 heavy (non-hydrogen) atoms. The molecule has 0 spiro atoms. The average Bonchev–Trinajstić information content (AvgIpc) is 2.46. The molecule has 0 fully saturated rings. The van der Waals surface area contributed by atoms with Crippen molar-refractivity contribution >= 4 is 23.2 Å². The number of hydrogen-bond acceptors (Lipinski definition) is 3. The zero-order valence-corrected chi connectivity index (χ0v) is 11.9. The van der Waals surface area contributed by atoms with Crippen molar-refractivity contribution in [3.8, 4) is 0 Å². The van der Waals surface area contributed by atoms with Gasteiger partial charge in [0.1, 0.15) is 0 Å². The fraction of sp³-hybridized carbons (Fsp3) is 0.133. The van der Waals surface area contributed by atoms with Crippen molar-refractivity contribution in [3.05, 3.63) is 64.2 Å². The topological polar surface area (TPSA) is 67.2 Å². The third kappa shape index (κ3) is 3.50. The molecule has 4 N–H and O–H groups in total. The lowest BCUT2D eigenvalue weighted by atomic mass is 10.1. The highest BCUT2D eigenvalue weighted by Gasteiger charge is 2.10. The molecule has 0 radical (unpaired) electrons. The lowest BCUT2D eigenvalue weighted by Crippen LogP contribution is -2.24. The van der Waals surface area contributed by atoms with E-state index in [-0.39, 0.29) is 5.91 Å². The van der Waals surface area contributed by atoms with Crippen LogP contribution >= 0.6 is 11.6 Å². The van der Waals surface area contributed by atoms with Gasteiger partial charge >= 0.3 is 0 Å². The Morgan fingerprint density at radius 1 is 1.20 bits per heavy atom. The van der Waals surface area contributed by atoms with E-state index in [1.165, 1.54) is 0 Å². The van der Waals surface area contributed by atoms with Gasteiger partial charge in [0, 0.05) is 11.6 Å². The molecule has 0 aliphatic carbocycles. The van der Waals surface area contributed by atoms with E-state index in [0.717, 1.165) is 11.1 Å². The number of amides is 1. The molecule has 1 amide bonds. The first-order valence-corrected chi connectivity index (χ1v) is 6.58. The number of rotatable bonds is 4. The van der Waals surface area contributed by atoms with Gasteiger partial charge < -0.3 is 10.7 Å². The first-order valence-electron chi connectivity index (χ1n) is 6.20. The molecule has 104 valence electrons. The van der Waals surface area contributed by atoms with E-state index >= 15 is 0 Å². The third-order valence-electron chi connectivity index (χ3n) is 2.94. The molecule has 0 unspecified atom stereocenters. The van der Waals surface area contributed by atoms with Crippen molar-refractivity contribution in [1.29, 1.82) is 0 Å². The number of hydrazine groups is 1. The Labute approximate surface area is 122 Å². The van der Waals surface area contributed by atoms with Crippen molar-refractivity contribution < 1.29 is 4.79 Å². The lowest BCUT2D eigenvalue weighted by Gasteiger charge is -2.10. The molecule has 0 aliphatic rings. The van der Waals surface area contributed by atoms with Crippen LogP contribution in [0, 0.1) is 6.92 Å². The van der Waals surface area contributed by atoms with Crippen LogP contribution in [0.5, 0.6) is 0 Å². The fourth-order valence-corrected chi connectivity index (χ4v) is 1.98. The highest BCUT2D eigenvalue weighted by Crippen LogP contribution is 2.16. The summed E-state index contributed by atoms with van der Waals surface area (Å²) in [7, 11) is 0. The molecule has 0 bridgehead atoms. The zero-order valence-electron chi connectivity index (χ0n) is 11.1. The smallest absolute Gasteiger partial charge is 0.253 e. The van der Waals surface area contributed by atoms with Gasteiger partial charge in [-0.15, -0.1) is 0 Å². The number of aryl methyl sites for hydroxylation is 1. The SMILES string of the molecule is Cc1ccc(C(=O)NCc2ccc(Cl)cc2)c(NN)c1. The van der Waals surface area contributed by atoms with E-state index in [4.69, 9.17) is 17.4 Å². The second-order valence-corrected chi connectivity index (χ2v) is 4.94. The van der Waals surface area contributed by atoms with Crippen molar-refractivity contribution in [2.24, 2.45) is 5.84 Å². The Balaban J connectivity index is 2.07. The van der Waals surface area contributed by atoms with Crippen LogP contribution in [0.25, 0.3) is 0 Å². The minimum Gasteiger partial charge on any atom is -0.348 e. The van der Waals surface area contributed by atoms with Crippen molar-refractivity contribution in [2.75, 3.05) is 5.43 Å². The van der Waals surface area contributed by atoms with Crippen LogP contribution in [0.1, 0.15) is 21.5 Å². The lowest BCUT2D eigenvalue weighted by molar-refractivity contribution is 0.0951. The van der Waals surface area contributed by atoms with Crippen LogP contribution in [-0.2, 0) is 6.54 Å². The number of nitrogen functional groups attached to an aromatic ring is 1. The van der Waals surface area contributed by atoms with Crippen LogP contribution in [0.3, 0.4) is 0 Å². The predicted octanol–water partition coefficient (Wildman–Crippen LogP) is 2.86. The average molecular weight is 290 g/mol. The van der Waals surface area contributed by atoms with Crippen LogP contribution < -0.4 is 16.6 Å². The molecule has 4 nitrogen and oxygen atoms in total. The standard InChI is InChI=1S/C15H16ClN3O/c1-10-2-7-13(14(8-10)19-17)15(20)18-9-11-3-5-12(16)6-4-11/h2-8,19H,9,17H2,1H3,(H,18,20). The van der Waals surface area contributed by atoms with Crippen LogP contribution in [0.4, 0.5) is 5.69 Å². The van der Waals surface area contributed by atoms with E-state index < -0.39 is 0 Å². The van der Waals surface area contributed by atoms with E-state index in [1.54, 1.807) is 18.2 Å². The first kappa shape index (κ1) is 14.4. The van der Waals surface area contributed by atoms with Gasteiger partial charge in [-0.05, 0) is 42.3 Å². The highest BCUT2D eigenvalue weighted by atomic mass is 35.5. The fourth-order valence-electron chi connectivity index (χ4n) is 1.86. The molecule has 0 aliphatic heterocycles. The Bertz CT molecular complexity index is 611. The highest BCUT2D eigenvalue weighted by molar-refractivity contribution is 6.30. The van der Waals surface area contributed by atoms with E-state index in [1.807, 2.05) is 31.2 Å². The molecule has 2 aromatic carbocycles. The van der Waals surface area contributed by atoms with Gasteiger partial charge in [0.2, 0.25) is 0 Å². The molecule has 5 heteroatoms. The summed E-state index contributed by atoms with van der Waals surface area (Å²) in [5.74, 6) is 5.26. The Kier molecular flexibility index (Phi) is 4.61. The van der Waals surface area contributed by atoms with Crippen molar-refractivity contribution in [1.82, 2.24) is 5.32 Å². The second-order valence-electron chi connectivity index (χ2n) is 4.50. The summed E-state index contributed by atoms with van der Waals surface area (Å²) in [6, 6.07) is 12.8. The van der Waals surface area contributed by atoms with Crippen LogP contribution in [0.15, 0.2) is 42.5 Å². The van der Waals surface area contributed by atoms with Crippen LogP contribution in [0.2, 0.25) is 5.02 Å². The number of nitrogens with two attached hydrogens (primary N) is 1. The summed E-state index contributed by atoms with van der Waals surface area (Å²) in [6.45, 7) is 2.38. The number of nitrogens with one attached hydrogen (secondary N) is 2. The maximum absolute atomic E-state index is 12.1. The summed E-state index contributed by atoms with van der Waals surface area (Å²) in [5.41, 5.74) is 5.69. The Hall–Kier alpha value is -2.04. The Morgan fingerprint density at radius 2 is 1.90 bits per heavy atom. The largest absolute Gasteiger partial charge is 0.348 e. The molecule has 0 aromatic heterocycles.